The van der Waals surface area contributed by atoms with E-state index in [-0.39, 0.29) is 5.91 Å². The van der Waals surface area contributed by atoms with E-state index in [1.807, 2.05) is 46.7 Å². The van der Waals surface area contributed by atoms with E-state index in [1.54, 1.807) is 42.5 Å². The fourth-order valence-corrected chi connectivity index (χ4v) is 4.92. The first-order valence-corrected chi connectivity index (χ1v) is 11.6. The Hall–Kier alpha value is -3.43. The molecule has 0 N–H and O–H groups in total. The van der Waals surface area contributed by atoms with Crippen LogP contribution >= 0.6 is 11.3 Å². The molecule has 0 unspecified atom stereocenters. The summed E-state index contributed by atoms with van der Waals surface area (Å²) in [6.07, 6.45) is 3.37. The molecule has 0 aliphatic carbocycles. The number of nitrogens with zero attached hydrogens (tertiary/aromatic N) is 5. The Kier molecular flexibility index (Phi) is 5.97. The van der Waals surface area contributed by atoms with Gasteiger partial charge in [0.25, 0.3) is 5.91 Å². The van der Waals surface area contributed by atoms with E-state index in [4.69, 9.17) is 9.47 Å². The van der Waals surface area contributed by atoms with Crippen molar-refractivity contribution in [3.05, 3.63) is 65.3 Å². The number of carbonyl (C=O) groups excluding carboxylic acids is 1. The van der Waals surface area contributed by atoms with Crippen molar-refractivity contribution in [1.29, 1.82) is 0 Å². The van der Waals surface area contributed by atoms with E-state index in [0.717, 1.165) is 47.3 Å². The Morgan fingerprint density at radius 2 is 1.94 bits per heavy atom. The van der Waals surface area contributed by atoms with E-state index in [2.05, 4.69) is 15.0 Å². The molecule has 1 aliphatic heterocycles. The number of fused-ring (bicyclic) bond motifs is 1. The molecule has 1 amide bonds. The van der Waals surface area contributed by atoms with Crippen LogP contribution < -0.4 is 9.47 Å². The van der Waals surface area contributed by atoms with Gasteiger partial charge in [-0.25, -0.2) is 9.50 Å². The minimum absolute atomic E-state index is 0.0283. The van der Waals surface area contributed by atoms with Gasteiger partial charge in [0.05, 0.1) is 31.0 Å². The first-order chi connectivity index (χ1) is 16.2. The van der Waals surface area contributed by atoms with Crippen LogP contribution in [0.2, 0.25) is 0 Å². The molecule has 8 nitrogen and oxygen atoms in total. The Labute approximate surface area is 196 Å². The molecular weight excluding hydrogens is 438 g/mol. The number of amides is 1. The Balaban J connectivity index is 1.29. The zero-order chi connectivity index (χ0) is 22.8. The van der Waals surface area contributed by atoms with Gasteiger partial charge in [-0.2, -0.15) is 5.10 Å². The van der Waals surface area contributed by atoms with Crippen LogP contribution in [0.5, 0.6) is 11.5 Å². The van der Waals surface area contributed by atoms with Crippen LogP contribution in [0.25, 0.3) is 16.2 Å². The third-order valence-electron chi connectivity index (χ3n) is 5.95. The lowest BCUT2D eigenvalue weighted by Gasteiger charge is -2.34. The number of carbonyl (C=O) groups is 1. The quantitative estimate of drug-likeness (QED) is 0.436. The number of hydrogen-bond acceptors (Lipinski definition) is 7. The van der Waals surface area contributed by atoms with Gasteiger partial charge < -0.3 is 14.4 Å². The highest BCUT2D eigenvalue weighted by atomic mass is 32.1. The maximum Gasteiger partial charge on any atom is 0.259 e. The lowest BCUT2D eigenvalue weighted by molar-refractivity contribution is 0.0629. The van der Waals surface area contributed by atoms with Gasteiger partial charge in [-0.3, -0.25) is 9.69 Å². The minimum atomic E-state index is -0.0283. The van der Waals surface area contributed by atoms with Gasteiger partial charge in [0.1, 0.15) is 17.1 Å². The summed E-state index contributed by atoms with van der Waals surface area (Å²) in [6.45, 7) is 3.59. The Bertz CT molecular complexity index is 1260. The molecule has 33 heavy (non-hydrogen) atoms. The highest BCUT2D eigenvalue weighted by Gasteiger charge is 2.26. The summed E-state index contributed by atoms with van der Waals surface area (Å²) in [5, 5.41) is 6.50. The molecular formula is C24H25N5O3S. The van der Waals surface area contributed by atoms with Crippen LogP contribution in [0.1, 0.15) is 15.9 Å². The average Bonchev–Trinajstić information content (AvgIpc) is 3.54. The number of piperazine rings is 1. The molecule has 0 radical (unpaired) electrons. The van der Waals surface area contributed by atoms with Crippen molar-refractivity contribution < 1.29 is 14.3 Å². The van der Waals surface area contributed by atoms with Gasteiger partial charge in [-0.1, -0.05) is 6.07 Å². The second kappa shape index (κ2) is 9.21. The lowest BCUT2D eigenvalue weighted by Crippen LogP contribution is -2.48. The van der Waals surface area contributed by atoms with Crippen molar-refractivity contribution in [2.24, 2.45) is 0 Å². The minimum Gasteiger partial charge on any atom is -0.497 e. The van der Waals surface area contributed by atoms with Crippen molar-refractivity contribution in [3.63, 3.8) is 0 Å². The van der Waals surface area contributed by atoms with Crippen LogP contribution in [0.3, 0.4) is 0 Å². The first-order valence-electron chi connectivity index (χ1n) is 10.8. The number of thiophene rings is 1. The maximum absolute atomic E-state index is 13.3. The maximum atomic E-state index is 13.3. The number of benzene rings is 1. The van der Waals surface area contributed by atoms with Gasteiger partial charge in [-0.15, -0.1) is 11.3 Å². The highest BCUT2D eigenvalue weighted by molar-refractivity contribution is 7.13. The predicted molar refractivity (Wildman–Crippen MR) is 127 cm³/mol. The summed E-state index contributed by atoms with van der Waals surface area (Å²) in [4.78, 5) is 23.1. The van der Waals surface area contributed by atoms with Gasteiger partial charge in [0.2, 0.25) is 0 Å². The van der Waals surface area contributed by atoms with Crippen LogP contribution in [0.15, 0.2) is 54.2 Å². The predicted octanol–water partition coefficient (Wildman–Crippen LogP) is 3.43. The molecule has 0 saturated carbocycles. The van der Waals surface area contributed by atoms with Gasteiger partial charge >= 0.3 is 0 Å². The molecule has 4 aromatic rings. The molecule has 170 valence electrons. The molecule has 9 heteroatoms. The topological polar surface area (TPSA) is 72.2 Å². The summed E-state index contributed by atoms with van der Waals surface area (Å²) in [5.74, 6) is 1.62. The van der Waals surface area contributed by atoms with Crippen LogP contribution in [-0.2, 0) is 6.54 Å². The van der Waals surface area contributed by atoms with Crippen molar-refractivity contribution >= 4 is 22.9 Å². The fourth-order valence-electron chi connectivity index (χ4n) is 4.18. The van der Waals surface area contributed by atoms with E-state index in [1.165, 1.54) is 0 Å². The number of aromatic nitrogens is 3. The average molecular weight is 464 g/mol. The summed E-state index contributed by atoms with van der Waals surface area (Å²) >= 11 is 1.64. The lowest BCUT2D eigenvalue weighted by atomic mass is 10.1. The molecule has 1 fully saturated rings. The molecule has 0 bridgehead atoms. The molecule has 1 aromatic carbocycles. The van der Waals surface area contributed by atoms with E-state index < -0.39 is 0 Å². The number of ether oxygens (including phenoxy) is 2. The summed E-state index contributed by atoms with van der Waals surface area (Å²) in [7, 11) is 3.34. The molecule has 0 atom stereocenters. The molecule has 5 rings (SSSR count). The highest BCUT2D eigenvalue weighted by Crippen LogP contribution is 2.27. The number of hydrogen-bond donors (Lipinski definition) is 0. The Morgan fingerprint density at radius 3 is 2.67 bits per heavy atom. The van der Waals surface area contributed by atoms with E-state index in [0.29, 0.717) is 24.3 Å². The molecule has 0 spiro atoms. The fraction of sp³-hybridized carbons (Fsp3) is 0.292. The molecule has 4 heterocycles. The second-order valence-corrected chi connectivity index (χ2v) is 8.79. The van der Waals surface area contributed by atoms with Gasteiger partial charge in [0, 0.05) is 44.5 Å². The van der Waals surface area contributed by atoms with Crippen molar-refractivity contribution in [3.8, 4) is 22.1 Å². The van der Waals surface area contributed by atoms with Gasteiger partial charge in [0.15, 0.2) is 5.65 Å². The second-order valence-electron chi connectivity index (χ2n) is 7.85. The number of methoxy groups -OCH3 is 2. The van der Waals surface area contributed by atoms with E-state index >= 15 is 0 Å². The summed E-state index contributed by atoms with van der Waals surface area (Å²) in [6, 6.07) is 11.8. The van der Waals surface area contributed by atoms with Crippen molar-refractivity contribution in [2.75, 3.05) is 40.4 Å². The van der Waals surface area contributed by atoms with Crippen LogP contribution in [0, 0.1) is 0 Å². The summed E-state index contributed by atoms with van der Waals surface area (Å²) < 4.78 is 12.6. The number of rotatable bonds is 6. The largest absolute Gasteiger partial charge is 0.497 e. The smallest absolute Gasteiger partial charge is 0.259 e. The van der Waals surface area contributed by atoms with E-state index in [9.17, 15) is 4.79 Å². The Morgan fingerprint density at radius 1 is 1.09 bits per heavy atom. The zero-order valence-corrected chi connectivity index (χ0v) is 19.4. The zero-order valence-electron chi connectivity index (χ0n) is 18.6. The summed E-state index contributed by atoms with van der Waals surface area (Å²) in [5.41, 5.74) is 3.14. The normalized spacial score (nSPS) is 14.5. The van der Waals surface area contributed by atoms with Crippen LogP contribution in [-0.4, -0.2) is 70.7 Å². The molecule has 1 aliphatic rings. The molecule has 3 aromatic heterocycles. The third-order valence-corrected chi connectivity index (χ3v) is 6.84. The van der Waals surface area contributed by atoms with Gasteiger partial charge in [-0.05, 0) is 35.7 Å². The van der Waals surface area contributed by atoms with Crippen LogP contribution in [0.4, 0.5) is 0 Å². The van der Waals surface area contributed by atoms with Crippen molar-refractivity contribution in [1.82, 2.24) is 24.4 Å². The standard InChI is InChI=1S/C24H25N5O3S/c1-31-18-5-6-21(32-2)17(14-18)16-27-9-11-28(12-10-27)24(30)19-15-26-29-20(7-8-25-23(19)29)22-4-3-13-33-22/h3-8,13-15H,9-12,16H2,1-2H3. The first kappa shape index (κ1) is 21.4. The third kappa shape index (κ3) is 4.17. The SMILES string of the molecule is COc1ccc(OC)c(CN2CCN(C(=O)c3cnn4c(-c5cccs5)ccnc34)CC2)c1. The monoisotopic (exact) mass is 463 g/mol. The molecule has 1 saturated heterocycles. The van der Waals surface area contributed by atoms with Crippen molar-refractivity contribution in [2.45, 2.75) is 6.54 Å².